The number of halogens is 1. The largest absolute Gasteiger partial charge is 0.390 e. The molecule has 0 aromatic rings. The number of nitriles is 1. The van der Waals surface area contributed by atoms with Crippen molar-refractivity contribution in [1.29, 1.82) is 5.26 Å². The lowest BCUT2D eigenvalue weighted by atomic mass is 10.3. The zero-order valence-corrected chi connectivity index (χ0v) is 11.4. The molecule has 0 aromatic heterocycles. The molecule has 0 atom stereocenters. The normalized spacial score (nSPS) is 10.8. The molecule has 18 heavy (non-hydrogen) atoms. The Balaban J connectivity index is 3.85. The third kappa shape index (κ3) is 8.85. The number of nitrogens with zero attached hydrogens (tertiary/aromatic N) is 1. The molecule has 0 radical (unpaired) electrons. The van der Waals surface area contributed by atoms with Gasteiger partial charge in [-0.15, -0.1) is 11.6 Å². The van der Waals surface area contributed by atoms with E-state index in [0.717, 1.165) is 12.8 Å². The second-order valence-electron chi connectivity index (χ2n) is 3.47. The van der Waals surface area contributed by atoms with Crippen LogP contribution in [0.15, 0.2) is 11.8 Å². The van der Waals surface area contributed by atoms with Crippen LogP contribution in [0.2, 0.25) is 0 Å². The van der Waals surface area contributed by atoms with Gasteiger partial charge in [-0.25, -0.2) is 0 Å². The maximum Gasteiger partial charge on any atom is 0.263 e. The average molecular weight is 274 g/mol. The van der Waals surface area contributed by atoms with E-state index < -0.39 is 0 Å². The van der Waals surface area contributed by atoms with Gasteiger partial charge in [0.15, 0.2) is 0 Å². The first-order chi connectivity index (χ1) is 8.76. The highest BCUT2D eigenvalue weighted by molar-refractivity contribution is 6.17. The lowest BCUT2D eigenvalue weighted by Gasteiger charge is -2.05. The maximum absolute atomic E-state index is 11.6. The van der Waals surface area contributed by atoms with Gasteiger partial charge in [-0.2, -0.15) is 5.26 Å². The molecule has 102 valence electrons. The number of hydrogen-bond donors (Lipinski definition) is 2. The van der Waals surface area contributed by atoms with Crippen LogP contribution in [-0.4, -0.2) is 38.1 Å². The highest BCUT2D eigenvalue weighted by Crippen LogP contribution is 1.91. The molecule has 5 nitrogen and oxygen atoms in total. The Kier molecular flexibility index (Phi) is 11.4. The summed E-state index contributed by atoms with van der Waals surface area (Å²) in [4.78, 5) is 11.6. The van der Waals surface area contributed by atoms with Gasteiger partial charge in [0.25, 0.3) is 5.91 Å². The first-order valence-corrected chi connectivity index (χ1v) is 6.55. The van der Waals surface area contributed by atoms with E-state index in [1.165, 1.54) is 6.20 Å². The van der Waals surface area contributed by atoms with E-state index in [1.807, 2.05) is 13.0 Å². The van der Waals surface area contributed by atoms with Gasteiger partial charge in [-0.05, 0) is 19.8 Å². The number of alkyl halides is 1. The van der Waals surface area contributed by atoms with E-state index in [-0.39, 0.29) is 11.5 Å². The van der Waals surface area contributed by atoms with E-state index in [1.54, 1.807) is 0 Å². The molecular formula is C12H20ClN3O2. The van der Waals surface area contributed by atoms with Crippen molar-refractivity contribution >= 4 is 17.5 Å². The van der Waals surface area contributed by atoms with E-state index >= 15 is 0 Å². The fourth-order valence-electron chi connectivity index (χ4n) is 1.11. The zero-order valence-electron chi connectivity index (χ0n) is 10.7. The Labute approximate surface area is 113 Å². The number of carbonyl (C=O) groups is 1. The van der Waals surface area contributed by atoms with E-state index in [4.69, 9.17) is 21.6 Å². The predicted octanol–water partition coefficient (Wildman–Crippen LogP) is 1.16. The summed E-state index contributed by atoms with van der Waals surface area (Å²) in [5.74, 6) is 0.180. The molecule has 0 aromatic carbocycles. The predicted molar refractivity (Wildman–Crippen MR) is 71.2 cm³/mol. The van der Waals surface area contributed by atoms with Crippen LogP contribution in [0.4, 0.5) is 0 Å². The Hall–Kier alpha value is -1.25. The number of rotatable bonds is 10. The van der Waals surface area contributed by atoms with Gasteiger partial charge in [0.05, 0.1) is 0 Å². The molecular weight excluding hydrogens is 254 g/mol. The highest BCUT2D eigenvalue weighted by atomic mass is 35.5. The van der Waals surface area contributed by atoms with Gasteiger partial charge in [0.1, 0.15) is 11.6 Å². The fraction of sp³-hybridized carbons (Fsp3) is 0.667. The van der Waals surface area contributed by atoms with E-state index in [2.05, 4.69) is 10.6 Å². The van der Waals surface area contributed by atoms with E-state index in [0.29, 0.717) is 32.2 Å². The summed E-state index contributed by atoms with van der Waals surface area (Å²) in [6, 6.07) is 1.85. The number of hydrogen-bond acceptors (Lipinski definition) is 4. The summed E-state index contributed by atoms with van der Waals surface area (Å²) < 4.78 is 5.14. The van der Waals surface area contributed by atoms with Crippen molar-refractivity contribution in [2.75, 3.05) is 32.2 Å². The summed E-state index contributed by atoms with van der Waals surface area (Å²) in [6.07, 6.45) is 2.94. The van der Waals surface area contributed by atoms with Crippen molar-refractivity contribution in [2.24, 2.45) is 0 Å². The second-order valence-corrected chi connectivity index (χ2v) is 3.85. The van der Waals surface area contributed by atoms with Crippen molar-refractivity contribution in [1.82, 2.24) is 10.6 Å². The van der Waals surface area contributed by atoms with Gasteiger partial charge in [0, 0.05) is 38.4 Å². The van der Waals surface area contributed by atoms with Crippen molar-refractivity contribution < 1.29 is 9.53 Å². The molecule has 0 aliphatic carbocycles. The standard InChI is InChI=1S/C12H20ClN3O2/c1-2-18-8-4-7-16-12(17)11(9-14)10-15-6-3-5-13/h10,15H,2-8H2,1H3,(H,16,17)/b11-10-. The van der Waals surface area contributed by atoms with Gasteiger partial charge in [-0.1, -0.05) is 0 Å². The lowest BCUT2D eigenvalue weighted by Crippen LogP contribution is -2.27. The summed E-state index contributed by atoms with van der Waals surface area (Å²) in [7, 11) is 0. The molecule has 0 saturated heterocycles. The molecule has 0 rings (SSSR count). The third-order valence-electron chi connectivity index (χ3n) is 2.02. The first-order valence-electron chi connectivity index (χ1n) is 6.01. The second kappa shape index (κ2) is 12.2. The molecule has 0 spiro atoms. The molecule has 2 N–H and O–H groups in total. The quantitative estimate of drug-likeness (QED) is 0.271. The molecule has 1 amide bonds. The summed E-state index contributed by atoms with van der Waals surface area (Å²) in [6.45, 7) is 4.34. The smallest absolute Gasteiger partial charge is 0.263 e. The molecule has 0 unspecified atom stereocenters. The number of carbonyl (C=O) groups excluding carboxylic acids is 1. The van der Waals surface area contributed by atoms with Crippen LogP contribution in [0.25, 0.3) is 0 Å². The van der Waals surface area contributed by atoms with Crippen LogP contribution in [0.1, 0.15) is 19.8 Å². The lowest BCUT2D eigenvalue weighted by molar-refractivity contribution is -0.117. The number of nitrogens with one attached hydrogen (secondary N) is 2. The average Bonchev–Trinajstić information content (AvgIpc) is 2.38. The molecule has 0 saturated carbocycles. The maximum atomic E-state index is 11.6. The minimum Gasteiger partial charge on any atom is -0.390 e. The van der Waals surface area contributed by atoms with Crippen molar-refractivity contribution in [3.8, 4) is 6.07 Å². The minimum absolute atomic E-state index is 0.0704. The van der Waals surface area contributed by atoms with Crippen LogP contribution in [0.3, 0.4) is 0 Å². The molecule has 0 aliphatic rings. The van der Waals surface area contributed by atoms with Crippen molar-refractivity contribution in [3.63, 3.8) is 0 Å². The Morgan fingerprint density at radius 1 is 1.44 bits per heavy atom. The Morgan fingerprint density at radius 2 is 2.22 bits per heavy atom. The third-order valence-corrected chi connectivity index (χ3v) is 2.29. The number of amides is 1. The van der Waals surface area contributed by atoms with Gasteiger partial charge in [-0.3, -0.25) is 4.79 Å². The fourth-order valence-corrected chi connectivity index (χ4v) is 1.24. The van der Waals surface area contributed by atoms with Crippen molar-refractivity contribution in [2.45, 2.75) is 19.8 Å². The summed E-state index contributed by atoms with van der Waals surface area (Å²) in [5.41, 5.74) is 0.0704. The van der Waals surface area contributed by atoms with Gasteiger partial charge < -0.3 is 15.4 Å². The topological polar surface area (TPSA) is 74.1 Å². The summed E-state index contributed by atoms with van der Waals surface area (Å²) >= 11 is 5.51. The zero-order chi connectivity index (χ0) is 13.6. The molecule has 0 fully saturated rings. The Bertz CT molecular complexity index is 300. The van der Waals surface area contributed by atoms with Gasteiger partial charge >= 0.3 is 0 Å². The first kappa shape index (κ1) is 16.8. The van der Waals surface area contributed by atoms with Crippen LogP contribution >= 0.6 is 11.6 Å². The van der Waals surface area contributed by atoms with Gasteiger partial charge in [0.2, 0.25) is 0 Å². The Morgan fingerprint density at radius 3 is 2.83 bits per heavy atom. The minimum atomic E-state index is -0.368. The molecule has 6 heteroatoms. The van der Waals surface area contributed by atoms with Crippen LogP contribution in [0, 0.1) is 11.3 Å². The van der Waals surface area contributed by atoms with E-state index in [9.17, 15) is 4.79 Å². The molecule has 0 bridgehead atoms. The van der Waals surface area contributed by atoms with Crippen LogP contribution in [0.5, 0.6) is 0 Å². The molecule has 0 aliphatic heterocycles. The summed E-state index contributed by atoms with van der Waals surface area (Å²) in [5, 5.41) is 14.4. The van der Waals surface area contributed by atoms with Crippen molar-refractivity contribution in [3.05, 3.63) is 11.8 Å². The molecule has 0 heterocycles. The van der Waals surface area contributed by atoms with Crippen LogP contribution in [-0.2, 0) is 9.53 Å². The number of ether oxygens (including phenoxy) is 1. The monoisotopic (exact) mass is 273 g/mol. The SMILES string of the molecule is CCOCCCNC(=O)/C(C#N)=C\NCCCCl. The van der Waals surface area contributed by atoms with Crippen LogP contribution < -0.4 is 10.6 Å². The highest BCUT2D eigenvalue weighted by Gasteiger charge is 2.07.